The fourth-order valence-electron chi connectivity index (χ4n) is 3.05. The van der Waals surface area contributed by atoms with Gasteiger partial charge in [-0.2, -0.15) is 0 Å². The fourth-order valence-corrected chi connectivity index (χ4v) is 3.05. The van der Waals surface area contributed by atoms with Crippen molar-refractivity contribution >= 4 is 5.91 Å². The first kappa shape index (κ1) is 19.1. The van der Waals surface area contributed by atoms with E-state index in [9.17, 15) is 9.90 Å². The van der Waals surface area contributed by atoms with Gasteiger partial charge in [0.25, 0.3) is 0 Å². The number of amides is 1. The van der Waals surface area contributed by atoms with Gasteiger partial charge in [0.1, 0.15) is 11.5 Å². The zero-order valence-electron chi connectivity index (χ0n) is 16.1. The summed E-state index contributed by atoms with van der Waals surface area (Å²) in [5.41, 5.74) is 7.49. The van der Waals surface area contributed by atoms with Crippen LogP contribution in [0, 0.1) is 0 Å². The van der Waals surface area contributed by atoms with Crippen molar-refractivity contribution < 1.29 is 14.6 Å². The molecular weight excluding hydrogens is 380 g/mol. The lowest BCUT2D eigenvalue weighted by Gasteiger charge is -2.11. The molecule has 0 radical (unpaired) electrons. The van der Waals surface area contributed by atoms with Crippen LogP contribution in [0.1, 0.15) is 10.4 Å². The maximum atomic E-state index is 11.6. The van der Waals surface area contributed by atoms with E-state index in [4.69, 9.17) is 10.5 Å². The summed E-state index contributed by atoms with van der Waals surface area (Å²) in [5.74, 6) is 1.11. The Kier molecular flexibility index (Phi) is 5.09. The summed E-state index contributed by atoms with van der Waals surface area (Å²) in [6.07, 6.45) is 0. The molecule has 0 bridgehead atoms. The maximum Gasteiger partial charge on any atom is 0.248 e. The Morgan fingerprint density at radius 3 is 2.17 bits per heavy atom. The Morgan fingerprint density at radius 2 is 1.47 bits per heavy atom. The first-order valence-corrected chi connectivity index (χ1v) is 9.15. The molecule has 7 heteroatoms. The number of phenolic OH excluding ortho intramolecular Hbond substituents is 1. The van der Waals surface area contributed by atoms with Crippen molar-refractivity contribution in [1.82, 2.24) is 15.0 Å². The third kappa shape index (κ3) is 3.68. The maximum absolute atomic E-state index is 11.6. The normalized spacial score (nSPS) is 10.6. The molecule has 1 amide bonds. The number of rotatable bonds is 5. The van der Waals surface area contributed by atoms with Crippen molar-refractivity contribution in [2.75, 3.05) is 7.11 Å². The number of carbonyl (C=O) groups excluding carboxylic acids is 1. The number of phenols is 1. The van der Waals surface area contributed by atoms with Gasteiger partial charge in [-0.15, -0.1) is 0 Å². The summed E-state index contributed by atoms with van der Waals surface area (Å²) in [6, 6.07) is 20.9. The van der Waals surface area contributed by atoms with Crippen molar-refractivity contribution in [2.45, 2.75) is 0 Å². The molecule has 0 unspecified atom stereocenters. The van der Waals surface area contributed by atoms with Gasteiger partial charge in [-0.1, -0.05) is 36.4 Å². The topological polar surface area (TPSA) is 111 Å². The van der Waals surface area contributed by atoms with Crippen LogP contribution in [-0.4, -0.2) is 33.1 Å². The van der Waals surface area contributed by atoms with Crippen molar-refractivity contribution in [2.24, 2.45) is 5.73 Å². The Bertz CT molecular complexity index is 1240. The molecule has 0 aliphatic heterocycles. The third-order valence-electron chi connectivity index (χ3n) is 4.53. The predicted octanol–water partition coefficient (Wildman–Crippen LogP) is 3.69. The second-order valence-electron chi connectivity index (χ2n) is 6.47. The number of aromatic hydroxyl groups is 1. The van der Waals surface area contributed by atoms with E-state index in [1.54, 1.807) is 55.6 Å². The van der Waals surface area contributed by atoms with Gasteiger partial charge in [0, 0.05) is 11.1 Å². The highest BCUT2D eigenvalue weighted by atomic mass is 16.5. The van der Waals surface area contributed by atoms with E-state index in [-0.39, 0.29) is 5.75 Å². The lowest BCUT2D eigenvalue weighted by atomic mass is 10.1. The Morgan fingerprint density at radius 1 is 0.833 bits per heavy atom. The molecule has 3 aromatic carbocycles. The predicted molar refractivity (Wildman–Crippen MR) is 113 cm³/mol. The molecule has 0 spiro atoms. The van der Waals surface area contributed by atoms with Gasteiger partial charge >= 0.3 is 0 Å². The van der Waals surface area contributed by atoms with Crippen LogP contribution >= 0.6 is 0 Å². The second-order valence-corrected chi connectivity index (χ2v) is 6.47. The quantitative estimate of drug-likeness (QED) is 0.530. The molecule has 3 N–H and O–H groups in total. The zero-order chi connectivity index (χ0) is 21.1. The van der Waals surface area contributed by atoms with Gasteiger partial charge in [-0.25, -0.2) is 15.0 Å². The van der Waals surface area contributed by atoms with Gasteiger partial charge in [-0.05, 0) is 36.4 Å². The van der Waals surface area contributed by atoms with Crippen molar-refractivity contribution in [3.63, 3.8) is 0 Å². The molecule has 0 saturated carbocycles. The minimum atomic E-state index is -0.545. The lowest BCUT2D eigenvalue weighted by molar-refractivity contribution is 0.100. The number of ether oxygens (including phenoxy) is 1. The van der Waals surface area contributed by atoms with Crippen LogP contribution in [0.3, 0.4) is 0 Å². The van der Waals surface area contributed by atoms with Crippen LogP contribution in [0.2, 0.25) is 0 Å². The second kappa shape index (κ2) is 8.00. The molecule has 1 heterocycles. The number of hydrogen-bond donors (Lipinski definition) is 2. The van der Waals surface area contributed by atoms with Crippen LogP contribution < -0.4 is 10.5 Å². The van der Waals surface area contributed by atoms with E-state index in [1.165, 1.54) is 0 Å². The molecule has 148 valence electrons. The van der Waals surface area contributed by atoms with Crippen LogP contribution in [-0.2, 0) is 0 Å². The number of aromatic nitrogens is 3. The van der Waals surface area contributed by atoms with E-state index < -0.39 is 5.91 Å². The number of carbonyl (C=O) groups is 1. The lowest BCUT2D eigenvalue weighted by Crippen LogP contribution is -2.10. The summed E-state index contributed by atoms with van der Waals surface area (Å²) in [5, 5.41) is 10.3. The Balaban J connectivity index is 1.97. The molecule has 0 fully saturated rings. The minimum absolute atomic E-state index is 0.0477. The smallest absolute Gasteiger partial charge is 0.248 e. The molecule has 0 atom stereocenters. The number of primary amides is 1. The summed E-state index contributed by atoms with van der Waals surface area (Å²) >= 11 is 0. The monoisotopic (exact) mass is 398 g/mol. The van der Waals surface area contributed by atoms with Gasteiger partial charge in [0.15, 0.2) is 17.5 Å². The minimum Gasteiger partial charge on any atom is -0.507 e. The van der Waals surface area contributed by atoms with Gasteiger partial charge in [0.05, 0.1) is 18.2 Å². The number of methoxy groups -OCH3 is 1. The number of nitrogens with two attached hydrogens (primary N) is 1. The molecule has 4 rings (SSSR count). The molecule has 0 saturated heterocycles. The highest BCUT2D eigenvalue weighted by molar-refractivity contribution is 5.94. The first-order chi connectivity index (χ1) is 14.6. The summed E-state index contributed by atoms with van der Waals surface area (Å²) in [4.78, 5) is 25.3. The standard InChI is InChI=1S/C23H18N4O3/c1-30-19-12-5-3-10-17(19)23-26-21(15-8-6-7-14(13-15)20(24)29)25-22(27-23)16-9-2-4-11-18(16)28/h2-13,28H,1H3,(H2,24,29). The van der Waals surface area contributed by atoms with Crippen LogP contribution in [0.15, 0.2) is 72.8 Å². The molecule has 0 aliphatic rings. The highest BCUT2D eigenvalue weighted by Crippen LogP contribution is 2.32. The SMILES string of the molecule is COc1ccccc1-c1nc(-c2cccc(C(N)=O)c2)nc(-c2ccccc2O)n1. The van der Waals surface area contributed by atoms with Crippen LogP contribution in [0.5, 0.6) is 11.5 Å². The summed E-state index contributed by atoms with van der Waals surface area (Å²) in [6.45, 7) is 0. The molecule has 4 aromatic rings. The first-order valence-electron chi connectivity index (χ1n) is 9.15. The Hall–Kier alpha value is -4.26. The van der Waals surface area contributed by atoms with Gasteiger partial charge in [0.2, 0.25) is 5.91 Å². The van der Waals surface area contributed by atoms with Crippen molar-refractivity contribution in [1.29, 1.82) is 0 Å². The molecule has 30 heavy (non-hydrogen) atoms. The van der Waals surface area contributed by atoms with Gasteiger partial charge in [-0.3, -0.25) is 4.79 Å². The highest BCUT2D eigenvalue weighted by Gasteiger charge is 2.17. The van der Waals surface area contributed by atoms with Crippen molar-refractivity contribution in [3.8, 4) is 45.7 Å². The largest absolute Gasteiger partial charge is 0.507 e. The summed E-state index contributed by atoms with van der Waals surface area (Å²) in [7, 11) is 1.57. The van der Waals surface area contributed by atoms with E-state index in [2.05, 4.69) is 15.0 Å². The van der Waals surface area contributed by atoms with E-state index in [0.717, 1.165) is 0 Å². The van der Waals surface area contributed by atoms with Gasteiger partial charge < -0.3 is 15.6 Å². The van der Waals surface area contributed by atoms with E-state index in [1.807, 2.05) is 24.3 Å². The number of para-hydroxylation sites is 2. The third-order valence-corrected chi connectivity index (χ3v) is 4.53. The molecule has 1 aromatic heterocycles. The van der Waals surface area contributed by atoms with Crippen molar-refractivity contribution in [3.05, 3.63) is 78.4 Å². The number of hydrogen-bond acceptors (Lipinski definition) is 6. The molecule has 0 aliphatic carbocycles. The van der Waals surface area contributed by atoms with Crippen LogP contribution in [0.4, 0.5) is 0 Å². The van der Waals surface area contributed by atoms with E-state index >= 15 is 0 Å². The average Bonchev–Trinajstić information content (AvgIpc) is 2.79. The Labute approximate surface area is 172 Å². The van der Waals surface area contributed by atoms with E-state index in [0.29, 0.717) is 45.5 Å². The number of benzene rings is 3. The molecular formula is C23H18N4O3. The summed E-state index contributed by atoms with van der Waals surface area (Å²) < 4.78 is 5.45. The zero-order valence-corrected chi connectivity index (χ0v) is 16.1. The van der Waals surface area contributed by atoms with Crippen LogP contribution in [0.25, 0.3) is 34.2 Å². The number of nitrogens with zero attached hydrogens (tertiary/aromatic N) is 3. The average molecular weight is 398 g/mol. The molecule has 7 nitrogen and oxygen atoms in total. The fraction of sp³-hybridized carbons (Fsp3) is 0.0435.